The molecule has 4 nitrogen and oxygen atoms in total. The molecule has 19 heavy (non-hydrogen) atoms. The molecule has 1 aliphatic carbocycles. The average molecular weight is 506 g/mol. The van der Waals surface area contributed by atoms with Gasteiger partial charge in [0.25, 0.3) is 0 Å². The molecule has 2 bridgehead atoms. The van der Waals surface area contributed by atoms with E-state index < -0.39 is 8.38 Å². The molecule has 4 unspecified atom stereocenters. The Morgan fingerprint density at radius 1 is 1.68 bits per heavy atom. The van der Waals surface area contributed by atoms with Crippen LogP contribution in [0.3, 0.4) is 0 Å². The molecule has 0 amide bonds. The SMILES string of the molecule is [C-]#[N+]CCOP(C)OC1C2[CH-]OC1(CC)C(=C)C2.[U]. The van der Waals surface area contributed by atoms with E-state index in [1.54, 1.807) is 0 Å². The van der Waals surface area contributed by atoms with Crippen molar-refractivity contribution >= 4 is 8.38 Å². The standard InChI is InChI=1S/C13H19NO3P.U/c1-5-13-10(2)8-11(9-15-13)12(13)17-18(4)16-7-6-14-3;/h9,11-12H,2,5-8H2,1,4H3;/q-1;. The minimum absolute atomic E-state index is 0. The van der Waals surface area contributed by atoms with Gasteiger partial charge in [-0.05, 0) is 18.4 Å². The minimum Gasteiger partial charge on any atom is -0.542 e. The second-order valence-corrected chi connectivity index (χ2v) is 6.00. The summed E-state index contributed by atoms with van der Waals surface area (Å²) >= 11 is 0. The molecule has 2 fully saturated rings. The van der Waals surface area contributed by atoms with Crippen LogP contribution in [0.25, 0.3) is 4.85 Å². The Morgan fingerprint density at radius 2 is 2.42 bits per heavy atom. The third-order valence-electron chi connectivity index (χ3n) is 3.65. The van der Waals surface area contributed by atoms with Crippen molar-refractivity contribution in [2.75, 3.05) is 19.8 Å². The van der Waals surface area contributed by atoms with Crippen molar-refractivity contribution in [3.63, 3.8) is 0 Å². The minimum atomic E-state index is -0.957. The number of ether oxygens (including phenoxy) is 1. The monoisotopic (exact) mass is 506 g/mol. The summed E-state index contributed by atoms with van der Waals surface area (Å²) in [4.78, 5) is 3.26. The summed E-state index contributed by atoms with van der Waals surface area (Å²) < 4.78 is 17.4. The fraction of sp³-hybridized carbons (Fsp3) is 0.692. The Morgan fingerprint density at radius 3 is 3.00 bits per heavy atom. The van der Waals surface area contributed by atoms with Crippen molar-refractivity contribution in [2.24, 2.45) is 5.92 Å². The molecule has 2 aliphatic rings. The third kappa shape index (κ3) is 3.44. The topological polar surface area (TPSA) is 32.0 Å². The molecule has 0 aromatic heterocycles. The first kappa shape index (κ1) is 17.6. The maximum absolute atomic E-state index is 6.71. The van der Waals surface area contributed by atoms with Crippen LogP contribution in [0.4, 0.5) is 0 Å². The van der Waals surface area contributed by atoms with E-state index in [-0.39, 0.29) is 42.8 Å². The van der Waals surface area contributed by atoms with Gasteiger partial charge in [0.1, 0.15) is 6.61 Å². The molecule has 1 saturated heterocycles. The Bertz CT molecular complexity index is 373. The molecule has 1 saturated carbocycles. The Kier molecular flexibility index (Phi) is 7.02. The van der Waals surface area contributed by atoms with Crippen molar-refractivity contribution in [3.05, 3.63) is 30.2 Å². The normalized spacial score (nSPS) is 33.8. The summed E-state index contributed by atoms with van der Waals surface area (Å²) in [6.07, 6.45) is 1.84. The summed E-state index contributed by atoms with van der Waals surface area (Å²) in [7, 11) is -0.957. The van der Waals surface area contributed by atoms with Crippen molar-refractivity contribution in [2.45, 2.75) is 31.5 Å². The summed E-state index contributed by atoms with van der Waals surface area (Å²) in [6, 6.07) is 0. The van der Waals surface area contributed by atoms with Gasteiger partial charge in [0.15, 0.2) is 8.38 Å². The first-order chi connectivity index (χ1) is 8.64. The molecule has 1 aliphatic heterocycles. The van der Waals surface area contributed by atoms with Crippen LogP contribution >= 0.6 is 8.38 Å². The molecule has 0 N–H and O–H groups in total. The predicted octanol–water partition coefficient (Wildman–Crippen LogP) is 3.17. The van der Waals surface area contributed by atoms with Gasteiger partial charge in [0.05, 0.1) is 11.7 Å². The zero-order valence-electron chi connectivity index (χ0n) is 11.4. The van der Waals surface area contributed by atoms with E-state index in [9.17, 15) is 0 Å². The van der Waals surface area contributed by atoms with Crippen molar-refractivity contribution in [1.82, 2.24) is 0 Å². The van der Waals surface area contributed by atoms with Gasteiger partial charge in [-0.2, -0.15) is 0 Å². The predicted molar refractivity (Wildman–Crippen MR) is 70.8 cm³/mol. The third-order valence-corrected chi connectivity index (χ3v) is 4.72. The number of hydrogen-bond acceptors (Lipinski definition) is 3. The second kappa shape index (κ2) is 7.56. The maximum atomic E-state index is 6.71. The van der Waals surface area contributed by atoms with Crippen LogP contribution in [-0.4, -0.2) is 31.5 Å². The van der Waals surface area contributed by atoms with Crippen molar-refractivity contribution in [3.8, 4) is 0 Å². The molecular weight excluding hydrogens is 487 g/mol. The van der Waals surface area contributed by atoms with Crippen LogP contribution in [0.1, 0.15) is 19.8 Å². The number of fused-ring (bicyclic) bond motifs is 2. The second-order valence-electron chi connectivity index (χ2n) is 4.65. The van der Waals surface area contributed by atoms with Gasteiger partial charge in [-0.1, -0.05) is 13.5 Å². The summed E-state index contributed by atoms with van der Waals surface area (Å²) in [5.41, 5.74) is 0.789. The van der Waals surface area contributed by atoms with E-state index in [4.69, 9.17) is 20.4 Å². The van der Waals surface area contributed by atoms with Crippen LogP contribution in [-0.2, 0) is 13.8 Å². The van der Waals surface area contributed by atoms with Crippen molar-refractivity contribution in [1.29, 1.82) is 0 Å². The van der Waals surface area contributed by atoms with Crippen molar-refractivity contribution < 1.29 is 44.9 Å². The summed E-state index contributed by atoms with van der Waals surface area (Å²) in [5.74, 6) is 0.298. The van der Waals surface area contributed by atoms with Gasteiger partial charge in [0.2, 0.25) is 6.54 Å². The van der Waals surface area contributed by atoms with Gasteiger partial charge < -0.3 is 18.6 Å². The Balaban J connectivity index is 0.00000180. The molecular formula is C13H19NO3PU-. The van der Waals surface area contributed by atoms with Crippen LogP contribution in [0.15, 0.2) is 12.2 Å². The van der Waals surface area contributed by atoms with E-state index >= 15 is 0 Å². The van der Waals surface area contributed by atoms with Crippen LogP contribution < -0.4 is 0 Å². The number of rotatable bonds is 6. The first-order valence-electron chi connectivity index (χ1n) is 6.20. The molecule has 0 aromatic rings. The maximum Gasteiger partial charge on any atom is 0.238 e. The van der Waals surface area contributed by atoms with Gasteiger partial charge in [-0.25, -0.2) is 13.2 Å². The van der Waals surface area contributed by atoms with Crippen LogP contribution in [0.2, 0.25) is 0 Å². The summed E-state index contributed by atoms with van der Waals surface area (Å²) in [6.45, 7) is 17.6. The van der Waals surface area contributed by atoms with Crippen LogP contribution in [0.5, 0.6) is 0 Å². The van der Waals surface area contributed by atoms with Crippen LogP contribution in [0, 0.1) is 50.2 Å². The van der Waals surface area contributed by atoms with E-state index in [0.29, 0.717) is 19.1 Å². The zero-order chi connectivity index (χ0) is 13.2. The molecule has 2 rings (SSSR count). The molecule has 0 spiro atoms. The Hall–Kier alpha value is 0.592. The largest absolute Gasteiger partial charge is 0.542 e. The molecule has 0 radical (unpaired) electrons. The average Bonchev–Trinajstić information content (AvgIpc) is 2.81. The van der Waals surface area contributed by atoms with E-state index in [1.165, 1.54) is 0 Å². The summed E-state index contributed by atoms with van der Waals surface area (Å²) in [5, 5.41) is 0. The molecule has 0 aromatic carbocycles. The smallest absolute Gasteiger partial charge is 0.238 e. The molecule has 6 heteroatoms. The number of nitrogens with zero attached hydrogens (tertiary/aromatic N) is 1. The first-order valence-corrected chi connectivity index (χ1v) is 7.82. The van der Waals surface area contributed by atoms with E-state index in [1.807, 2.05) is 13.3 Å². The number of hydrogen-bond donors (Lipinski definition) is 0. The molecule has 104 valence electrons. The fourth-order valence-corrected chi connectivity index (χ4v) is 3.74. The Labute approximate surface area is 140 Å². The van der Waals surface area contributed by atoms with Gasteiger partial charge >= 0.3 is 0 Å². The van der Waals surface area contributed by atoms with Gasteiger partial charge in [0, 0.05) is 37.8 Å². The molecule has 4 atom stereocenters. The van der Waals surface area contributed by atoms with Gasteiger partial charge in [-0.3, -0.25) is 0 Å². The van der Waals surface area contributed by atoms with E-state index in [2.05, 4.69) is 18.3 Å². The van der Waals surface area contributed by atoms with E-state index in [0.717, 1.165) is 18.4 Å². The van der Waals surface area contributed by atoms with Gasteiger partial charge in [-0.15, -0.1) is 5.92 Å². The molecule has 1 heterocycles. The zero-order valence-corrected chi connectivity index (χ0v) is 16.4. The fourth-order valence-electron chi connectivity index (χ4n) is 2.69. The quantitative estimate of drug-likeness (QED) is 0.240.